The lowest BCUT2D eigenvalue weighted by Gasteiger charge is -2.08. The van der Waals surface area contributed by atoms with Crippen LogP contribution in [-0.4, -0.2) is 24.1 Å². The van der Waals surface area contributed by atoms with E-state index >= 15 is 0 Å². The summed E-state index contributed by atoms with van der Waals surface area (Å²) in [7, 11) is -5.73. The number of fused-ring (bicyclic) bond motifs is 1. The molecule has 0 aliphatic heterocycles. The highest BCUT2D eigenvalue weighted by atomic mass is 32.2. The predicted octanol–water partition coefficient (Wildman–Crippen LogP) is 2.17. The van der Waals surface area contributed by atoms with Gasteiger partial charge in [0.25, 0.3) is 5.88 Å². The molecular weight excluding hydrogens is 285 g/mol. The van der Waals surface area contributed by atoms with Crippen LogP contribution in [0.3, 0.4) is 0 Å². The van der Waals surface area contributed by atoms with Crippen molar-refractivity contribution in [1.82, 2.24) is 10.2 Å². The third-order valence-corrected chi connectivity index (χ3v) is 3.16. The molecule has 5 nitrogen and oxygen atoms in total. The Balaban J connectivity index is 2.40. The van der Waals surface area contributed by atoms with Gasteiger partial charge in [0.15, 0.2) is 0 Å². The van der Waals surface area contributed by atoms with Gasteiger partial charge < -0.3 is 4.18 Å². The first kappa shape index (κ1) is 13.5. The molecule has 0 saturated carbocycles. The monoisotopic (exact) mass is 292 g/mol. The number of benzene rings is 1. The van der Waals surface area contributed by atoms with Gasteiger partial charge in [-0.2, -0.15) is 21.6 Å². The number of aryl methyl sites for hydroxylation is 1. The molecule has 9 heteroatoms. The van der Waals surface area contributed by atoms with E-state index in [2.05, 4.69) is 14.4 Å². The van der Waals surface area contributed by atoms with Gasteiger partial charge in [-0.1, -0.05) is 12.1 Å². The van der Waals surface area contributed by atoms with Crippen LogP contribution in [0.2, 0.25) is 0 Å². The third-order valence-electron chi connectivity index (χ3n) is 2.20. The summed E-state index contributed by atoms with van der Waals surface area (Å²) >= 11 is 0. The fourth-order valence-corrected chi connectivity index (χ4v) is 1.73. The highest BCUT2D eigenvalue weighted by molar-refractivity contribution is 7.87. The summed E-state index contributed by atoms with van der Waals surface area (Å²) in [5, 5.41) is 7.32. The van der Waals surface area contributed by atoms with Crippen molar-refractivity contribution in [3.05, 3.63) is 29.8 Å². The van der Waals surface area contributed by atoms with E-state index in [0.29, 0.717) is 10.9 Å². The molecule has 102 valence electrons. The molecule has 1 aromatic heterocycles. The lowest BCUT2D eigenvalue weighted by atomic mass is 10.2. The number of hydrogen-bond donors (Lipinski definition) is 0. The van der Waals surface area contributed by atoms with E-state index in [0.717, 1.165) is 11.6 Å². The zero-order chi connectivity index (χ0) is 14.3. The van der Waals surface area contributed by atoms with Gasteiger partial charge in [0, 0.05) is 11.5 Å². The van der Waals surface area contributed by atoms with E-state index in [9.17, 15) is 21.6 Å². The zero-order valence-corrected chi connectivity index (χ0v) is 10.3. The quantitative estimate of drug-likeness (QED) is 0.626. The van der Waals surface area contributed by atoms with Crippen LogP contribution in [0.1, 0.15) is 5.56 Å². The van der Waals surface area contributed by atoms with E-state index in [1.807, 2.05) is 0 Å². The minimum atomic E-state index is -5.73. The molecule has 0 aliphatic carbocycles. The molecule has 0 bridgehead atoms. The molecule has 0 fully saturated rings. The molecule has 2 aromatic rings. The van der Waals surface area contributed by atoms with E-state index in [1.54, 1.807) is 25.1 Å². The van der Waals surface area contributed by atoms with Gasteiger partial charge in [0.1, 0.15) is 0 Å². The standard InChI is InChI=1S/C10H7F3N2O3S/c1-6-2-3-7-5-9(15-14-8(7)4-6)18-19(16,17)10(11,12)13/h2-5H,1H3. The smallest absolute Gasteiger partial charge is 0.354 e. The Kier molecular flexibility index (Phi) is 3.09. The molecule has 0 atom stereocenters. The van der Waals surface area contributed by atoms with Crippen LogP contribution in [0.5, 0.6) is 5.88 Å². The second-order valence-electron chi connectivity index (χ2n) is 3.73. The zero-order valence-electron chi connectivity index (χ0n) is 9.47. The average molecular weight is 292 g/mol. The number of halogens is 3. The van der Waals surface area contributed by atoms with Gasteiger partial charge >= 0.3 is 15.6 Å². The number of aromatic nitrogens is 2. The van der Waals surface area contributed by atoms with Gasteiger partial charge in [-0.3, -0.25) is 0 Å². The van der Waals surface area contributed by atoms with Crippen molar-refractivity contribution in [1.29, 1.82) is 0 Å². The fraction of sp³-hybridized carbons (Fsp3) is 0.200. The third kappa shape index (κ3) is 2.75. The highest BCUT2D eigenvalue weighted by Crippen LogP contribution is 2.26. The van der Waals surface area contributed by atoms with Crippen molar-refractivity contribution >= 4 is 21.0 Å². The highest BCUT2D eigenvalue weighted by Gasteiger charge is 2.48. The van der Waals surface area contributed by atoms with Crippen LogP contribution >= 0.6 is 0 Å². The van der Waals surface area contributed by atoms with Crippen molar-refractivity contribution in [2.45, 2.75) is 12.4 Å². The molecule has 0 aliphatic rings. The average Bonchev–Trinajstić information content (AvgIpc) is 2.27. The van der Waals surface area contributed by atoms with Crippen LogP contribution < -0.4 is 4.18 Å². The first-order valence-corrected chi connectivity index (χ1v) is 6.35. The molecule has 0 radical (unpaired) electrons. The Bertz CT molecular complexity index is 728. The van der Waals surface area contributed by atoms with Gasteiger partial charge in [-0.25, -0.2) is 0 Å². The Labute approximate surface area is 106 Å². The van der Waals surface area contributed by atoms with Gasteiger partial charge in [-0.05, 0) is 18.6 Å². The molecule has 1 aromatic carbocycles. The number of rotatable bonds is 2. The molecule has 0 spiro atoms. The summed E-state index contributed by atoms with van der Waals surface area (Å²) in [5.74, 6) is -0.728. The second kappa shape index (κ2) is 4.34. The number of hydrogen-bond acceptors (Lipinski definition) is 5. The molecule has 1 heterocycles. The van der Waals surface area contributed by atoms with Crippen LogP contribution in [0, 0.1) is 6.92 Å². The first-order chi connectivity index (χ1) is 8.69. The molecule has 19 heavy (non-hydrogen) atoms. The molecule has 2 rings (SSSR count). The Morgan fingerprint density at radius 3 is 2.47 bits per heavy atom. The van der Waals surface area contributed by atoms with E-state index in [-0.39, 0.29) is 0 Å². The Morgan fingerprint density at radius 1 is 1.16 bits per heavy atom. The summed E-state index contributed by atoms with van der Waals surface area (Å²) in [5.41, 5.74) is -4.19. The van der Waals surface area contributed by atoms with E-state index in [1.165, 1.54) is 0 Å². The summed E-state index contributed by atoms with van der Waals surface area (Å²) in [6.07, 6.45) is 0. The van der Waals surface area contributed by atoms with Crippen LogP contribution in [0.25, 0.3) is 10.9 Å². The SMILES string of the molecule is Cc1ccc2cc(OS(=O)(=O)C(F)(F)F)nnc2c1. The van der Waals surface area contributed by atoms with Gasteiger partial charge in [0.2, 0.25) is 0 Å². The second-order valence-corrected chi connectivity index (χ2v) is 5.27. The van der Waals surface area contributed by atoms with Crippen molar-refractivity contribution in [2.24, 2.45) is 0 Å². The lowest BCUT2D eigenvalue weighted by Crippen LogP contribution is -2.28. The van der Waals surface area contributed by atoms with E-state index in [4.69, 9.17) is 0 Å². The minimum absolute atomic E-state index is 0.424. The van der Waals surface area contributed by atoms with Crippen molar-refractivity contribution in [3.63, 3.8) is 0 Å². The first-order valence-electron chi connectivity index (χ1n) is 4.94. The fourth-order valence-electron chi connectivity index (χ4n) is 1.33. The molecule has 0 saturated heterocycles. The number of nitrogens with zero attached hydrogens (tertiary/aromatic N) is 2. The van der Waals surface area contributed by atoms with Crippen LogP contribution in [0.15, 0.2) is 24.3 Å². The maximum absolute atomic E-state index is 12.1. The van der Waals surface area contributed by atoms with Crippen LogP contribution in [-0.2, 0) is 10.1 Å². The maximum atomic E-state index is 12.1. The number of alkyl halides is 3. The van der Waals surface area contributed by atoms with Crippen molar-refractivity contribution in [3.8, 4) is 5.88 Å². The van der Waals surface area contributed by atoms with Gasteiger partial charge in [0.05, 0.1) is 5.52 Å². The molecule has 0 unspecified atom stereocenters. The van der Waals surface area contributed by atoms with Gasteiger partial charge in [-0.15, -0.1) is 10.2 Å². The van der Waals surface area contributed by atoms with E-state index < -0.39 is 21.5 Å². The molecular formula is C10H7F3N2O3S. The maximum Gasteiger partial charge on any atom is 0.534 e. The minimum Gasteiger partial charge on any atom is -0.354 e. The largest absolute Gasteiger partial charge is 0.534 e. The summed E-state index contributed by atoms with van der Waals surface area (Å²) < 4.78 is 61.8. The van der Waals surface area contributed by atoms with Crippen molar-refractivity contribution < 1.29 is 25.8 Å². The Morgan fingerprint density at radius 2 is 1.84 bits per heavy atom. The molecule has 0 amide bonds. The van der Waals surface area contributed by atoms with Crippen LogP contribution in [0.4, 0.5) is 13.2 Å². The summed E-state index contributed by atoms with van der Waals surface area (Å²) in [6, 6.07) is 6.01. The lowest BCUT2D eigenvalue weighted by molar-refractivity contribution is -0.0501. The predicted molar refractivity (Wildman–Crippen MR) is 59.9 cm³/mol. The molecule has 0 N–H and O–H groups in total. The summed E-state index contributed by atoms with van der Waals surface area (Å²) in [6.45, 7) is 1.81. The Hall–Kier alpha value is -1.90. The summed E-state index contributed by atoms with van der Waals surface area (Å²) in [4.78, 5) is 0. The normalized spacial score (nSPS) is 12.6. The topological polar surface area (TPSA) is 69.2 Å². The van der Waals surface area contributed by atoms with Crippen molar-refractivity contribution in [2.75, 3.05) is 0 Å².